The molecule has 2 rings (SSSR count). The summed E-state index contributed by atoms with van der Waals surface area (Å²) in [5, 5.41) is 17.3. The molecule has 0 spiro atoms. The van der Waals surface area contributed by atoms with E-state index >= 15 is 0 Å². The maximum Gasteiger partial charge on any atom is 0.389 e. The van der Waals surface area contributed by atoms with Gasteiger partial charge in [-0.1, -0.05) is 0 Å². The van der Waals surface area contributed by atoms with Crippen molar-refractivity contribution in [2.24, 2.45) is 0 Å². The van der Waals surface area contributed by atoms with E-state index in [1.165, 1.54) is 16.9 Å². The van der Waals surface area contributed by atoms with Crippen molar-refractivity contribution < 1.29 is 9.72 Å². The van der Waals surface area contributed by atoms with Crippen LogP contribution >= 0.6 is 12.4 Å². The molecular weight excluding hydrogens is 262 g/mol. The molecule has 8 nitrogen and oxygen atoms in total. The molecule has 0 aromatic carbocycles. The Morgan fingerprint density at radius 2 is 2.17 bits per heavy atom. The van der Waals surface area contributed by atoms with Gasteiger partial charge in [-0.15, -0.1) is 12.4 Å². The first-order valence-corrected chi connectivity index (χ1v) is 5.33. The maximum absolute atomic E-state index is 11.8. The van der Waals surface area contributed by atoms with Gasteiger partial charge in [0.15, 0.2) is 0 Å². The second-order valence-corrected chi connectivity index (χ2v) is 3.76. The fourth-order valence-electron chi connectivity index (χ4n) is 1.69. The van der Waals surface area contributed by atoms with Crippen LogP contribution < -0.4 is 5.32 Å². The molecule has 9 heteroatoms. The lowest BCUT2D eigenvalue weighted by atomic mass is 10.3. The predicted octanol–water partition coefficient (Wildman–Crippen LogP) is -0.355. The Hall–Kier alpha value is -1.67. The van der Waals surface area contributed by atoms with Gasteiger partial charge in [0.05, 0.1) is 17.4 Å². The van der Waals surface area contributed by atoms with E-state index < -0.39 is 4.92 Å². The maximum atomic E-state index is 11.8. The number of nitrogens with zero attached hydrogens (tertiary/aromatic N) is 4. The lowest BCUT2D eigenvalue weighted by Gasteiger charge is -2.26. The molecule has 0 radical (unpaired) electrons. The van der Waals surface area contributed by atoms with E-state index in [1.54, 1.807) is 4.90 Å². The van der Waals surface area contributed by atoms with Crippen molar-refractivity contribution in [2.75, 3.05) is 26.2 Å². The first-order valence-electron chi connectivity index (χ1n) is 5.33. The minimum absolute atomic E-state index is 0. The van der Waals surface area contributed by atoms with Crippen LogP contribution in [0, 0.1) is 10.1 Å². The SMILES string of the molecule is Cl.O=C(Cn1ccc([N+](=O)[O-])n1)N1CCNCC1. The van der Waals surface area contributed by atoms with Crippen LogP contribution in [0.4, 0.5) is 5.82 Å². The van der Waals surface area contributed by atoms with E-state index in [4.69, 9.17) is 0 Å². The molecule has 1 aliphatic rings. The Kier molecular flexibility index (Phi) is 5.05. The van der Waals surface area contributed by atoms with Gasteiger partial charge in [-0.25, -0.2) is 0 Å². The monoisotopic (exact) mass is 275 g/mol. The van der Waals surface area contributed by atoms with Crippen LogP contribution in [-0.4, -0.2) is 51.7 Å². The smallest absolute Gasteiger partial charge is 0.358 e. The summed E-state index contributed by atoms with van der Waals surface area (Å²) in [5.74, 6) is -0.303. The summed E-state index contributed by atoms with van der Waals surface area (Å²) in [4.78, 5) is 23.4. The minimum atomic E-state index is -0.578. The van der Waals surface area contributed by atoms with Crippen LogP contribution in [0.1, 0.15) is 0 Å². The first kappa shape index (κ1) is 14.4. The molecule has 1 N–H and O–H groups in total. The molecule has 100 valence electrons. The number of rotatable bonds is 3. The van der Waals surface area contributed by atoms with Gasteiger partial charge in [0.2, 0.25) is 5.91 Å². The molecule has 1 fully saturated rings. The molecule has 18 heavy (non-hydrogen) atoms. The highest BCUT2D eigenvalue weighted by molar-refractivity contribution is 5.85. The third kappa shape index (κ3) is 3.41. The van der Waals surface area contributed by atoms with Crippen LogP contribution in [0.2, 0.25) is 0 Å². The molecule has 0 unspecified atom stereocenters. The van der Waals surface area contributed by atoms with Gasteiger partial charge in [0.25, 0.3) is 0 Å². The molecular formula is C9H14ClN5O3. The Balaban J connectivity index is 0.00000162. The molecule has 1 saturated heterocycles. The second kappa shape index (κ2) is 6.31. The van der Waals surface area contributed by atoms with Crippen molar-refractivity contribution in [1.29, 1.82) is 0 Å². The lowest BCUT2D eigenvalue weighted by Crippen LogP contribution is -2.47. The van der Waals surface area contributed by atoms with Crippen molar-refractivity contribution in [3.8, 4) is 0 Å². The first-order chi connectivity index (χ1) is 8.16. The average molecular weight is 276 g/mol. The van der Waals surface area contributed by atoms with Crippen LogP contribution in [0.3, 0.4) is 0 Å². The van der Waals surface area contributed by atoms with Crippen molar-refractivity contribution in [3.63, 3.8) is 0 Å². The average Bonchev–Trinajstić information content (AvgIpc) is 2.79. The molecule has 0 atom stereocenters. The van der Waals surface area contributed by atoms with E-state index in [9.17, 15) is 14.9 Å². The number of hydrogen-bond donors (Lipinski definition) is 1. The summed E-state index contributed by atoms with van der Waals surface area (Å²) in [6.45, 7) is 2.95. The molecule has 2 heterocycles. The normalized spacial score (nSPS) is 15.0. The van der Waals surface area contributed by atoms with Gasteiger partial charge >= 0.3 is 5.82 Å². The molecule has 0 bridgehead atoms. The quantitative estimate of drug-likeness (QED) is 0.601. The molecule has 1 aromatic rings. The highest BCUT2D eigenvalue weighted by Gasteiger charge is 2.19. The summed E-state index contributed by atoms with van der Waals surface area (Å²) in [7, 11) is 0. The van der Waals surface area contributed by atoms with Gasteiger partial charge in [0, 0.05) is 26.2 Å². The van der Waals surface area contributed by atoms with Crippen LogP contribution in [-0.2, 0) is 11.3 Å². The second-order valence-electron chi connectivity index (χ2n) is 3.76. The summed E-state index contributed by atoms with van der Waals surface area (Å²) < 4.78 is 1.29. The van der Waals surface area contributed by atoms with Gasteiger partial charge in [-0.3, -0.25) is 4.79 Å². The third-order valence-corrected chi connectivity index (χ3v) is 2.58. The summed E-state index contributed by atoms with van der Waals surface area (Å²) >= 11 is 0. The van der Waals surface area contributed by atoms with E-state index in [2.05, 4.69) is 10.4 Å². The van der Waals surface area contributed by atoms with Crippen molar-refractivity contribution in [2.45, 2.75) is 6.54 Å². The molecule has 1 amide bonds. The van der Waals surface area contributed by atoms with Crippen molar-refractivity contribution >= 4 is 24.1 Å². The minimum Gasteiger partial charge on any atom is -0.358 e. The van der Waals surface area contributed by atoms with Crippen molar-refractivity contribution in [3.05, 3.63) is 22.4 Å². The third-order valence-electron chi connectivity index (χ3n) is 2.58. The number of nitro groups is 1. The zero-order chi connectivity index (χ0) is 12.3. The van der Waals surface area contributed by atoms with Crippen LogP contribution in [0.5, 0.6) is 0 Å². The lowest BCUT2D eigenvalue weighted by molar-refractivity contribution is -0.389. The number of nitrogens with one attached hydrogen (secondary N) is 1. The zero-order valence-corrected chi connectivity index (χ0v) is 10.4. The molecule has 1 aliphatic heterocycles. The largest absolute Gasteiger partial charge is 0.389 e. The Labute approximate surface area is 109 Å². The fraction of sp³-hybridized carbons (Fsp3) is 0.556. The predicted molar refractivity (Wildman–Crippen MR) is 65.6 cm³/mol. The van der Waals surface area contributed by atoms with Gasteiger partial charge in [0.1, 0.15) is 6.54 Å². The summed E-state index contributed by atoms with van der Waals surface area (Å²) in [6.07, 6.45) is 1.44. The van der Waals surface area contributed by atoms with E-state index in [0.29, 0.717) is 13.1 Å². The van der Waals surface area contributed by atoms with E-state index in [1.807, 2.05) is 0 Å². The summed E-state index contributed by atoms with van der Waals surface area (Å²) in [6, 6.07) is 1.28. The van der Waals surface area contributed by atoms with Gasteiger partial charge in [-0.2, -0.15) is 4.68 Å². The molecule has 1 aromatic heterocycles. The van der Waals surface area contributed by atoms with Gasteiger partial charge < -0.3 is 20.3 Å². The highest BCUT2D eigenvalue weighted by atomic mass is 35.5. The number of halogens is 1. The standard InChI is InChI=1S/C9H13N5O3.ClH/c15-9(12-5-2-10-3-6-12)7-13-4-1-8(11-13)14(16)17;/h1,4,10H,2-3,5-7H2;1H. The van der Waals surface area contributed by atoms with Crippen LogP contribution in [0.25, 0.3) is 0 Å². The number of hydrogen-bond acceptors (Lipinski definition) is 5. The Bertz CT molecular complexity index is 430. The number of carbonyl (C=O) groups excluding carboxylic acids is 1. The fourth-order valence-corrected chi connectivity index (χ4v) is 1.69. The summed E-state index contributed by atoms with van der Waals surface area (Å²) in [5.41, 5.74) is 0. The number of carbonyl (C=O) groups is 1. The highest BCUT2D eigenvalue weighted by Crippen LogP contribution is 2.05. The molecule has 0 aliphatic carbocycles. The number of piperazine rings is 1. The Morgan fingerprint density at radius 1 is 1.50 bits per heavy atom. The number of aromatic nitrogens is 2. The van der Waals surface area contributed by atoms with Gasteiger partial charge in [-0.05, 0) is 4.92 Å². The number of amides is 1. The van der Waals surface area contributed by atoms with E-state index in [0.717, 1.165) is 13.1 Å². The Morgan fingerprint density at radius 3 is 2.72 bits per heavy atom. The topological polar surface area (TPSA) is 93.3 Å². The zero-order valence-electron chi connectivity index (χ0n) is 9.61. The van der Waals surface area contributed by atoms with Crippen molar-refractivity contribution in [1.82, 2.24) is 20.0 Å². The molecule has 0 saturated carbocycles. The van der Waals surface area contributed by atoms with Crippen LogP contribution in [0.15, 0.2) is 12.3 Å². The van der Waals surface area contributed by atoms with E-state index in [-0.39, 0.29) is 30.7 Å².